The van der Waals surface area contributed by atoms with E-state index in [4.69, 9.17) is 10.5 Å². The second-order valence-corrected chi connectivity index (χ2v) is 4.54. The first kappa shape index (κ1) is 13.1. The molecule has 2 heterocycles. The van der Waals surface area contributed by atoms with Gasteiger partial charge < -0.3 is 10.5 Å². The Labute approximate surface area is 111 Å². The fourth-order valence-corrected chi connectivity index (χ4v) is 2.06. The fraction of sp³-hybridized carbons (Fsp3) is 0.200. The van der Waals surface area contributed by atoms with Crippen LogP contribution in [0.3, 0.4) is 0 Å². The zero-order chi connectivity index (χ0) is 14.0. The Balaban J connectivity index is 2.39. The van der Waals surface area contributed by atoms with E-state index < -0.39 is 11.1 Å². The topological polar surface area (TPSA) is 116 Å². The Morgan fingerprint density at radius 3 is 2.79 bits per heavy atom. The molecule has 0 unspecified atom stereocenters. The van der Waals surface area contributed by atoms with Crippen LogP contribution in [0.4, 0.5) is 5.69 Å². The first-order valence-electron chi connectivity index (χ1n) is 5.17. The number of nitrogens with zero attached hydrogens (tertiary/aromatic N) is 3. The van der Waals surface area contributed by atoms with Gasteiger partial charge in [-0.25, -0.2) is 4.98 Å². The number of hydrogen-bond donors (Lipinski definition) is 2. The molecule has 2 rings (SSSR count). The van der Waals surface area contributed by atoms with Gasteiger partial charge in [-0.3, -0.25) is 19.4 Å². The van der Waals surface area contributed by atoms with Crippen LogP contribution in [0.5, 0.6) is 5.88 Å². The van der Waals surface area contributed by atoms with Gasteiger partial charge in [-0.05, 0) is 23.9 Å². The second-order valence-electron chi connectivity index (χ2n) is 3.55. The van der Waals surface area contributed by atoms with Crippen LogP contribution in [0.1, 0.15) is 0 Å². The summed E-state index contributed by atoms with van der Waals surface area (Å²) in [6.45, 7) is 0. The van der Waals surface area contributed by atoms with Gasteiger partial charge in [0.25, 0.3) is 0 Å². The molecule has 0 saturated heterocycles. The molecule has 9 heteroatoms. The van der Waals surface area contributed by atoms with Crippen LogP contribution in [-0.4, -0.2) is 26.9 Å². The Bertz CT molecular complexity index is 724. The Morgan fingerprint density at radius 2 is 2.11 bits per heavy atom. The van der Waals surface area contributed by atoms with Gasteiger partial charge in [-0.1, -0.05) is 0 Å². The summed E-state index contributed by atoms with van der Waals surface area (Å²) >= 11 is 1.11. The average molecular weight is 281 g/mol. The van der Waals surface area contributed by atoms with Gasteiger partial charge >= 0.3 is 11.1 Å². The van der Waals surface area contributed by atoms with E-state index in [1.54, 1.807) is 19.2 Å². The summed E-state index contributed by atoms with van der Waals surface area (Å²) in [5, 5.41) is 3.20. The lowest BCUT2D eigenvalue weighted by atomic mass is 10.4. The number of pyridine rings is 1. The van der Waals surface area contributed by atoms with Crippen LogP contribution < -0.4 is 21.6 Å². The van der Waals surface area contributed by atoms with Gasteiger partial charge in [-0.2, -0.15) is 4.98 Å². The summed E-state index contributed by atoms with van der Waals surface area (Å²) in [5.74, 6) is 0.291. The molecule has 0 radical (unpaired) electrons. The van der Waals surface area contributed by atoms with Crippen molar-refractivity contribution in [2.45, 2.75) is 10.2 Å². The number of aromatic amines is 1. The lowest BCUT2D eigenvalue weighted by Crippen LogP contribution is -2.33. The van der Waals surface area contributed by atoms with E-state index in [-0.39, 0.29) is 0 Å². The lowest BCUT2D eigenvalue weighted by Gasteiger charge is -2.07. The van der Waals surface area contributed by atoms with E-state index >= 15 is 0 Å². The first-order valence-corrected chi connectivity index (χ1v) is 5.98. The van der Waals surface area contributed by atoms with E-state index in [2.05, 4.69) is 15.1 Å². The molecular formula is C10H11N5O3S. The highest BCUT2D eigenvalue weighted by atomic mass is 32.2. The number of H-pyrrole nitrogens is 1. The predicted octanol–water partition coefficient (Wildman–Crippen LogP) is -0.394. The van der Waals surface area contributed by atoms with Crippen molar-refractivity contribution in [1.82, 2.24) is 19.7 Å². The van der Waals surface area contributed by atoms with Gasteiger partial charge in [0.1, 0.15) is 5.03 Å². The van der Waals surface area contributed by atoms with Crippen molar-refractivity contribution in [3.63, 3.8) is 0 Å². The number of nitrogens with one attached hydrogen (secondary N) is 1. The molecule has 0 aliphatic rings. The minimum atomic E-state index is -0.844. The highest BCUT2D eigenvalue weighted by molar-refractivity contribution is 7.99. The van der Waals surface area contributed by atoms with E-state index in [0.29, 0.717) is 21.7 Å². The predicted molar refractivity (Wildman–Crippen MR) is 69.4 cm³/mol. The molecule has 0 aromatic carbocycles. The van der Waals surface area contributed by atoms with Crippen LogP contribution in [0.15, 0.2) is 31.9 Å². The van der Waals surface area contributed by atoms with Crippen molar-refractivity contribution < 1.29 is 4.74 Å². The Morgan fingerprint density at radius 1 is 1.37 bits per heavy atom. The van der Waals surface area contributed by atoms with Gasteiger partial charge in [-0.15, -0.1) is 0 Å². The molecular weight excluding hydrogens is 270 g/mol. The molecule has 0 spiro atoms. The molecule has 8 nitrogen and oxygen atoms in total. The minimum Gasteiger partial charge on any atom is -0.480 e. The molecule has 3 N–H and O–H groups in total. The van der Waals surface area contributed by atoms with Crippen LogP contribution in [0, 0.1) is 0 Å². The summed E-state index contributed by atoms with van der Waals surface area (Å²) in [5.41, 5.74) is 4.45. The van der Waals surface area contributed by atoms with Gasteiger partial charge in [0.2, 0.25) is 5.88 Å². The van der Waals surface area contributed by atoms with Gasteiger partial charge in [0, 0.05) is 7.05 Å². The Kier molecular flexibility index (Phi) is 3.56. The number of anilines is 1. The molecule has 0 fully saturated rings. The van der Waals surface area contributed by atoms with Crippen molar-refractivity contribution in [1.29, 1.82) is 0 Å². The number of hydrogen-bond acceptors (Lipinski definition) is 7. The van der Waals surface area contributed by atoms with Gasteiger partial charge in [0.05, 0.1) is 12.8 Å². The van der Waals surface area contributed by atoms with Crippen LogP contribution >= 0.6 is 11.8 Å². The summed E-state index contributed by atoms with van der Waals surface area (Å²) in [7, 11) is 3.03. The van der Waals surface area contributed by atoms with E-state index in [0.717, 1.165) is 11.8 Å². The average Bonchev–Trinajstić information content (AvgIpc) is 2.38. The molecule has 0 amide bonds. The van der Waals surface area contributed by atoms with Crippen molar-refractivity contribution in [2.75, 3.05) is 12.8 Å². The summed E-state index contributed by atoms with van der Waals surface area (Å²) in [4.78, 5) is 30.1. The van der Waals surface area contributed by atoms with Crippen molar-refractivity contribution in [2.24, 2.45) is 7.05 Å². The molecule has 0 saturated carbocycles. The number of ether oxygens (including phenoxy) is 1. The molecule has 0 aliphatic heterocycles. The van der Waals surface area contributed by atoms with E-state index in [1.165, 1.54) is 11.8 Å². The molecule has 19 heavy (non-hydrogen) atoms. The summed E-state index contributed by atoms with van der Waals surface area (Å²) < 4.78 is 6.35. The number of nitrogens with two attached hydrogens (primary N) is 1. The van der Waals surface area contributed by atoms with Crippen LogP contribution in [0.25, 0.3) is 0 Å². The standard InChI is InChI=1S/C10H11N5O3S/c1-15-10(13-7(16)8(17)14-15)19-6-4-3-5(11)9(12-6)18-2/h3-4H,11H2,1-2H3,(H,14,17). The summed E-state index contributed by atoms with van der Waals surface area (Å²) in [6, 6.07) is 3.30. The lowest BCUT2D eigenvalue weighted by molar-refractivity contribution is 0.397. The number of aromatic nitrogens is 4. The molecule has 2 aromatic heterocycles. The van der Waals surface area contributed by atoms with Crippen molar-refractivity contribution in [3.05, 3.63) is 32.8 Å². The molecule has 0 aliphatic carbocycles. The quantitative estimate of drug-likeness (QED) is 0.736. The SMILES string of the molecule is COc1nc(Sc2nc(=O)c(=O)[nH]n2C)ccc1N. The van der Waals surface area contributed by atoms with Crippen molar-refractivity contribution >= 4 is 17.4 Å². The monoisotopic (exact) mass is 281 g/mol. The third kappa shape index (κ3) is 2.76. The second kappa shape index (κ2) is 5.14. The van der Waals surface area contributed by atoms with E-state index in [1.807, 2.05) is 0 Å². The minimum absolute atomic E-state index is 0.291. The number of nitrogen functional groups attached to an aromatic ring is 1. The fourth-order valence-electron chi connectivity index (χ4n) is 1.30. The molecule has 100 valence electrons. The Hall–Kier alpha value is -2.29. The largest absolute Gasteiger partial charge is 0.480 e. The van der Waals surface area contributed by atoms with Crippen molar-refractivity contribution in [3.8, 4) is 5.88 Å². The maximum absolute atomic E-state index is 11.2. The maximum Gasteiger partial charge on any atom is 0.339 e. The van der Waals surface area contributed by atoms with E-state index in [9.17, 15) is 9.59 Å². The first-order chi connectivity index (χ1) is 9.01. The molecule has 0 bridgehead atoms. The maximum atomic E-state index is 11.2. The highest BCUT2D eigenvalue weighted by Crippen LogP contribution is 2.27. The third-order valence-electron chi connectivity index (χ3n) is 2.20. The highest BCUT2D eigenvalue weighted by Gasteiger charge is 2.09. The van der Waals surface area contributed by atoms with Gasteiger partial charge in [0.15, 0.2) is 5.16 Å². The van der Waals surface area contributed by atoms with Crippen LogP contribution in [0.2, 0.25) is 0 Å². The molecule has 2 aromatic rings. The number of methoxy groups -OCH3 is 1. The summed E-state index contributed by atoms with van der Waals surface area (Å²) in [6.07, 6.45) is 0. The normalized spacial score (nSPS) is 10.4. The number of rotatable bonds is 3. The number of aryl methyl sites for hydroxylation is 1. The zero-order valence-corrected chi connectivity index (χ0v) is 11.0. The molecule has 0 atom stereocenters. The zero-order valence-electron chi connectivity index (χ0n) is 10.2. The smallest absolute Gasteiger partial charge is 0.339 e. The van der Waals surface area contributed by atoms with Crippen LogP contribution in [-0.2, 0) is 7.05 Å². The third-order valence-corrected chi connectivity index (χ3v) is 3.19.